The first-order valence-corrected chi connectivity index (χ1v) is 6.93. The fraction of sp³-hybridized carbons (Fsp3) is 0.312. The second-order valence-electron chi connectivity index (χ2n) is 4.86. The number of nitrogens with one attached hydrogen (secondary N) is 1. The van der Waals surface area contributed by atoms with Crippen LogP contribution in [0.2, 0.25) is 5.15 Å². The van der Waals surface area contributed by atoms with E-state index in [2.05, 4.69) is 48.4 Å². The van der Waals surface area contributed by atoms with E-state index in [4.69, 9.17) is 11.6 Å². The fourth-order valence-corrected chi connectivity index (χ4v) is 2.12. The first kappa shape index (κ1) is 14.0. The molecule has 0 saturated heterocycles. The van der Waals surface area contributed by atoms with Gasteiger partial charge in [-0.25, -0.2) is 4.98 Å². The number of hydrogen-bond acceptors (Lipinski definition) is 2. The van der Waals surface area contributed by atoms with Gasteiger partial charge in [0, 0.05) is 18.8 Å². The smallest absolute Gasteiger partial charge is 0.129 e. The third-order valence-corrected chi connectivity index (χ3v) is 3.72. The van der Waals surface area contributed by atoms with Gasteiger partial charge in [-0.2, -0.15) is 0 Å². The molecule has 2 rings (SSSR count). The number of halogens is 1. The van der Waals surface area contributed by atoms with Crippen LogP contribution in [0.4, 0.5) is 0 Å². The van der Waals surface area contributed by atoms with Gasteiger partial charge in [-0.3, -0.25) is 0 Å². The van der Waals surface area contributed by atoms with Crippen molar-refractivity contribution >= 4 is 11.6 Å². The van der Waals surface area contributed by atoms with Crippen molar-refractivity contribution < 1.29 is 0 Å². The van der Waals surface area contributed by atoms with E-state index >= 15 is 0 Å². The lowest BCUT2D eigenvalue weighted by atomic mass is 9.94. The molecule has 19 heavy (non-hydrogen) atoms. The molecular weight excluding hydrogens is 256 g/mol. The highest BCUT2D eigenvalue weighted by Gasteiger charge is 2.13. The van der Waals surface area contributed by atoms with E-state index in [1.807, 2.05) is 24.4 Å². The van der Waals surface area contributed by atoms with Crippen LogP contribution in [0.25, 0.3) is 0 Å². The Labute approximate surface area is 119 Å². The van der Waals surface area contributed by atoms with Crippen molar-refractivity contribution in [3.8, 4) is 0 Å². The average Bonchev–Trinajstić information content (AvgIpc) is 2.46. The Morgan fingerprint density at radius 2 is 1.84 bits per heavy atom. The molecule has 1 aromatic carbocycles. The Morgan fingerprint density at radius 3 is 2.47 bits per heavy atom. The summed E-state index contributed by atoms with van der Waals surface area (Å²) in [6.07, 6.45) is 1.81. The number of nitrogens with zero attached hydrogens (tertiary/aromatic N) is 1. The van der Waals surface area contributed by atoms with E-state index in [1.54, 1.807) is 0 Å². The van der Waals surface area contributed by atoms with E-state index in [1.165, 1.54) is 5.56 Å². The molecule has 0 amide bonds. The third kappa shape index (κ3) is 4.05. The predicted molar refractivity (Wildman–Crippen MR) is 80.4 cm³/mol. The zero-order chi connectivity index (χ0) is 13.7. The quantitative estimate of drug-likeness (QED) is 0.833. The zero-order valence-corrected chi connectivity index (χ0v) is 12.1. The normalized spacial score (nSPS) is 14.1. The van der Waals surface area contributed by atoms with Crippen LogP contribution in [0.3, 0.4) is 0 Å². The van der Waals surface area contributed by atoms with Crippen molar-refractivity contribution in [3.05, 3.63) is 64.9 Å². The number of pyridine rings is 1. The van der Waals surface area contributed by atoms with Gasteiger partial charge in [0.2, 0.25) is 0 Å². The van der Waals surface area contributed by atoms with Gasteiger partial charge in [-0.1, -0.05) is 54.9 Å². The summed E-state index contributed by atoms with van der Waals surface area (Å²) in [6.45, 7) is 5.26. The summed E-state index contributed by atoms with van der Waals surface area (Å²) in [5.41, 5.74) is 2.51. The monoisotopic (exact) mass is 274 g/mol. The maximum absolute atomic E-state index is 5.77. The average molecular weight is 275 g/mol. The molecule has 1 aromatic heterocycles. The molecule has 0 radical (unpaired) electrons. The lowest BCUT2D eigenvalue weighted by Gasteiger charge is -2.21. The Morgan fingerprint density at radius 1 is 1.11 bits per heavy atom. The molecule has 0 aliphatic heterocycles. The van der Waals surface area contributed by atoms with Crippen molar-refractivity contribution in [3.63, 3.8) is 0 Å². The molecule has 1 N–H and O–H groups in total. The SMILES string of the molecule is C[C@H](c1ccccc1)[C@@H](C)NCc1ccc(Cl)nc1. The standard InChI is InChI=1S/C16H19ClN2/c1-12(15-6-4-3-5-7-15)13(2)18-10-14-8-9-16(17)19-11-14/h3-9,11-13,18H,10H2,1-2H3/t12-,13+/m0/s1. The van der Waals surface area contributed by atoms with E-state index < -0.39 is 0 Å². The minimum atomic E-state index is 0.401. The third-order valence-electron chi connectivity index (χ3n) is 3.49. The summed E-state index contributed by atoms with van der Waals surface area (Å²) in [6, 6.07) is 14.8. The topological polar surface area (TPSA) is 24.9 Å². The van der Waals surface area contributed by atoms with Crippen LogP contribution in [0.1, 0.15) is 30.9 Å². The van der Waals surface area contributed by atoms with Gasteiger partial charge in [0.1, 0.15) is 5.15 Å². The minimum absolute atomic E-state index is 0.401. The van der Waals surface area contributed by atoms with Crippen LogP contribution < -0.4 is 5.32 Å². The molecule has 0 aliphatic carbocycles. The first-order chi connectivity index (χ1) is 9.16. The van der Waals surface area contributed by atoms with Crippen molar-refractivity contribution in [2.75, 3.05) is 0 Å². The molecule has 2 aromatic rings. The summed E-state index contributed by atoms with van der Waals surface area (Å²) in [7, 11) is 0. The molecule has 0 aliphatic rings. The van der Waals surface area contributed by atoms with E-state index in [0.29, 0.717) is 17.1 Å². The van der Waals surface area contributed by atoms with E-state index in [9.17, 15) is 0 Å². The summed E-state index contributed by atoms with van der Waals surface area (Å²) in [5, 5.41) is 4.07. The van der Waals surface area contributed by atoms with Crippen molar-refractivity contribution in [1.82, 2.24) is 10.3 Å². The highest BCUT2D eigenvalue weighted by Crippen LogP contribution is 2.18. The zero-order valence-electron chi connectivity index (χ0n) is 11.3. The summed E-state index contributed by atoms with van der Waals surface area (Å²) < 4.78 is 0. The molecule has 2 nitrogen and oxygen atoms in total. The number of benzene rings is 1. The van der Waals surface area contributed by atoms with Crippen molar-refractivity contribution in [1.29, 1.82) is 0 Å². The molecule has 1 heterocycles. The maximum atomic E-state index is 5.77. The van der Waals surface area contributed by atoms with Crippen LogP contribution in [-0.4, -0.2) is 11.0 Å². The van der Waals surface area contributed by atoms with Gasteiger partial charge in [0.05, 0.1) is 0 Å². The van der Waals surface area contributed by atoms with Crippen LogP contribution in [-0.2, 0) is 6.54 Å². The van der Waals surface area contributed by atoms with Crippen molar-refractivity contribution in [2.24, 2.45) is 0 Å². The Hall–Kier alpha value is -1.38. The maximum Gasteiger partial charge on any atom is 0.129 e. The number of hydrogen-bond donors (Lipinski definition) is 1. The first-order valence-electron chi connectivity index (χ1n) is 6.55. The van der Waals surface area contributed by atoms with Gasteiger partial charge in [0.25, 0.3) is 0 Å². The Kier molecular flexibility index (Phi) is 4.94. The highest BCUT2D eigenvalue weighted by molar-refractivity contribution is 6.29. The second-order valence-corrected chi connectivity index (χ2v) is 5.25. The van der Waals surface area contributed by atoms with E-state index in [0.717, 1.165) is 12.1 Å². The molecule has 100 valence electrons. The molecule has 0 fully saturated rings. The Balaban J connectivity index is 1.90. The second kappa shape index (κ2) is 6.69. The molecular formula is C16H19ClN2. The van der Waals surface area contributed by atoms with Crippen LogP contribution in [0, 0.1) is 0 Å². The molecule has 0 spiro atoms. The largest absolute Gasteiger partial charge is 0.310 e. The highest BCUT2D eigenvalue weighted by atomic mass is 35.5. The van der Waals surface area contributed by atoms with Gasteiger partial charge in [-0.15, -0.1) is 0 Å². The number of aromatic nitrogens is 1. The van der Waals surface area contributed by atoms with Gasteiger partial charge < -0.3 is 5.32 Å². The lowest BCUT2D eigenvalue weighted by Crippen LogP contribution is -2.30. The fourth-order valence-electron chi connectivity index (χ4n) is 2.01. The van der Waals surface area contributed by atoms with Gasteiger partial charge in [0.15, 0.2) is 0 Å². The molecule has 0 saturated carbocycles. The molecule has 0 unspecified atom stereocenters. The summed E-state index contributed by atoms with van der Waals surface area (Å²) in [4.78, 5) is 4.09. The van der Waals surface area contributed by atoms with E-state index in [-0.39, 0.29) is 0 Å². The molecule has 2 atom stereocenters. The number of rotatable bonds is 5. The molecule has 3 heteroatoms. The summed E-state index contributed by atoms with van der Waals surface area (Å²) >= 11 is 5.77. The van der Waals surface area contributed by atoms with Gasteiger partial charge >= 0.3 is 0 Å². The summed E-state index contributed by atoms with van der Waals surface area (Å²) in [5.74, 6) is 0.474. The van der Waals surface area contributed by atoms with Crippen LogP contribution in [0.5, 0.6) is 0 Å². The van der Waals surface area contributed by atoms with Crippen LogP contribution >= 0.6 is 11.6 Å². The van der Waals surface area contributed by atoms with Crippen LogP contribution in [0.15, 0.2) is 48.7 Å². The molecule has 0 bridgehead atoms. The lowest BCUT2D eigenvalue weighted by molar-refractivity contribution is 0.480. The Bertz CT molecular complexity index is 496. The van der Waals surface area contributed by atoms with Crippen molar-refractivity contribution in [2.45, 2.75) is 32.4 Å². The minimum Gasteiger partial charge on any atom is -0.310 e. The predicted octanol–water partition coefficient (Wildman–Crippen LogP) is 4.02. The van der Waals surface area contributed by atoms with Gasteiger partial charge in [-0.05, 0) is 30.0 Å².